The van der Waals surface area contributed by atoms with Gasteiger partial charge in [-0.05, 0) is 31.6 Å². The maximum absolute atomic E-state index is 13.0. The molecule has 0 radical (unpaired) electrons. The lowest BCUT2D eigenvalue weighted by atomic mass is 9.95. The molecule has 0 spiro atoms. The number of Topliss-reactive ketones (excluding diaryl/α,β-unsaturated/α-hetero) is 1. The minimum atomic E-state index is -0.896. The molecular weight excluding hydrogens is 410 g/mol. The van der Waals surface area contributed by atoms with Gasteiger partial charge in [-0.1, -0.05) is 56.3 Å². The Morgan fingerprint density at radius 2 is 1.78 bits per heavy atom. The molecule has 0 saturated carbocycles. The van der Waals surface area contributed by atoms with Crippen LogP contribution in [-0.2, 0) is 9.59 Å². The number of aliphatic hydroxyl groups is 1. The largest absolute Gasteiger partial charge is 0.507 e. The molecule has 3 rings (SSSR count). The number of benzene rings is 2. The molecule has 32 heavy (non-hydrogen) atoms. The van der Waals surface area contributed by atoms with E-state index in [2.05, 4.69) is 18.7 Å². The third kappa shape index (κ3) is 4.70. The Bertz CT molecular complexity index is 1030. The van der Waals surface area contributed by atoms with Crippen molar-refractivity contribution in [2.45, 2.75) is 26.3 Å². The number of rotatable bonds is 9. The van der Waals surface area contributed by atoms with Gasteiger partial charge in [0.2, 0.25) is 0 Å². The van der Waals surface area contributed by atoms with Crippen molar-refractivity contribution in [1.82, 2.24) is 9.80 Å². The highest BCUT2D eigenvalue weighted by Gasteiger charge is 2.46. The Hall–Kier alpha value is -3.52. The summed E-state index contributed by atoms with van der Waals surface area (Å²) in [5, 5.41) is 22.3. The van der Waals surface area contributed by atoms with Crippen LogP contribution < -0.4 is 0 Å². The van der Waals surface area contributed by atoms with E-state index in [9.17, 15) is 24.8 Å². The third-order valence-corrected chi connectivity index (χ3v) is 5.75. The molecule has 1 N–H and O–H groups in total. The highest BCUT2D eigenvalue weighted by atomic mass is 16.6. The number of hydrogen-bond donors (Lipinski definition) is 1. The summed E-state index contributed by atoms with van der Waals surface area (Å²) >= 11 is 0. The van der Waals surface area contributed by atoms with Gasteiger partial charge < -0.3 is 14.9 Å². The lowest BCUT2D eigenvalue weighted by Crippen LogP contribution is -2.33. The summed E-state index contributed by atoms with van der Waals surface area (Å²) in [6.07, 6.45) is 0.630. The molecule has 0 aromatic heterocycles. The number of non-ortho nitro benzene ring substituents is 1. The zero-order valence-corrected chi connectivity index (χ0v) is 18.2. The summed E-state index contributed by atoms with van der Waals surface area (Å²) in [5.74, 6) is -1.78. The van der Waals surface area contributed by atoms with Crippen LogP contribution in [0.2, 0.25) is 0 Å². The summed E-state index contributed by atoms with van der Waals surface area (Å²) in [6.45, 7) is 6.89. The van der Waals surface area contributed by atoms with E-state index in [0.29, 0.717) is 24.1 Å². The molecule has 1 fully saturated rings. The van der Waals surface area contributed by atoms with Gasteiger partial charge in [0.05, 0.1) is 16.5 Å². The predicted octanol–water partition coefficient (Wildman–Crippen LogP) is 3.75. The number of nitrogens with zero attached hydrogens (tertiary/aromatic N) is 3. The number of likely N-dealkylation sites (tertiary alicyclic amines) is 1. The molecule has 1 aliphatic rings. The predicted molar refractivity (Wildman–Crippen MR) is 121 cm³/mol. The summed E-state index contributed by atoms with van der Waals surface area (Å²) < 4.78 is 0. The van der Waals surface area contributed by atoms with E-state index in [0.717, 1.165) is 19.6 Å². The number of carbonyl (C=O) groups excluding carboxylic acids is 2. The van der Waals surface area contributed by atoms with Crippen LogP contribution >= 0.6 is 0 Å². The molecular formula is C24H27N3O5. The highest BCUT2D eigenvalue weighted by Crippen LogP contribution is 2.40. The van der Waals surface area contributed by atoms with E-state index >= 15 is 0 Å². The minimum Gasteiger partial charge on any atom is -0.507 e. The maximum atomic E-state index is 13.0. The zero-order valence-electron chi connectivity index (χ0n) is 18.2. The van der Waals surface area contributed by atoms with E-state index in [1.165, 1.54) is 23.1 Å². The Balaban J connectivity index is 2.06. The van der Waals surface area contributed by atoms with E-state index in [4.69, 9.17) is 0 Å². The van der Waals surface area contributed by atoms with Gasteiger partial charge in [0.15, 0.2) is 0 Å². The first kappa shape index (κ1) is 23.1. The van der Waals surface area contributed by atoms with Crippen LogP contribution in [-0.4, -0.2) is 57.7 Å². The first-order chi connectivity index (χ1) is 15.4. The van der Waals surface area contributed by atoms with E-state index in [-0.39, 0.29) is 17.0 Å². The van der Waals surface area contributed by atoms with Gasteiger partial charge in [0.1, 0.15) is 5.76 Å². The Morgan fingerprint density at radius 3 is 2.41 bits per heavy atom. The van der Waals surface area contributed by atoms with Crippen molar-refractivity contribution in [2.75, 3.05) is 26.2 Å². The van der Waals surface area contributed by atoms with Crippen molar-refractivity contribution in [3.63, 3.8) is 0 Å². The lowest BCUT2D eigenvalue weighted by molar-refractivity contribution is -0.384. The van der Waals surface area contributed by atoms with Crippen molar-refractivity contribution in [2.24, 2.45) is 0 Å². The topological polar surface area (TPSA) is 104 Å². The van der Waals surface area contributed by atoms with Crippen LogP contribution in [0.4, 0.5) is 5.69 Å². The lowest BCUT2D eigenvalue weighted by Gasteiger charge is -2.26. The smallest absolute Gasteiger partial charge is 0.295 e. The van der Waals surface area contributed by atoms with Gasteiger partial charge in [-0.25, -0.2) is 0 Å². The number of nitro benzene ring substituents is 1. The zero-order chi connectivity index (χ0) is 23.3. The first-order valence-corrected chi connectivity index (χ1v) is 10.7. The van der Waals surface area contributed by atoms with Crippen LogP contribution in [0.1, 0.15) is 37.4 Å². The SMILES string of the molecule is CCN(CC)CCCN1C(=O)C(=O)/C(=C(/O)c2ccccc2)[C@@H]1c1cccc([N+](=O)[O-])c1. The van der Waals surface area contributed by atoms with Crippen LogP contribution in [0.5, 0.6) is 0 Å². The molecule has 1 amide bonds. The highest BCUT2D eigenvalue weighted by molar-refractivity contribution is 6.46. The molecule has 0 bridgehead atoms. The summed E-state index contributed by atoms with van der Waals surface area (Å²) in [4.78, 5) is 40.4. The fraction of sp³-hybridized carbons (Fsp3) is 0.333. The molecule has 1 atom stereocenters. The summed E-state index contributed by atoms with van der Waals surface area (Å²) in [5.41, 5.74) is 0.628. The number of carbonyl (C=O) groups is 2. The molecule has 2 aromatic rings. The molecule has 8 nitrogen and oxygen atoms in total. The van der Waals surface area contributed by atoms with Crippen LogP contribution in [0, 0.1) is 10.1 Å². The van der Waals surface area contributed by atoms with Gasteiger partial charge in [-0.2, -0.15) is 0 Å². The second-order valence-corrected chi connectivity index (χ2v) is 7.59. The van der Waals surface area contributed by atoms with Gasteiger partial charge >= 0.3 is 0 Å². The number of aliphatic hydroxyl groups excluding tert-OH is 1. The fourth-order valence-corrected chi connectivity index (χ4v) is 4.02. The minimum absolute atomic E-state index is 0.0514. The maximum Gasteiger partial charge on any atom is 0.295 e. The Labute approximate surface area is 186 Å². The van der Waals surface area contributed by atoms with Gasteiger partial charge in [-0.15, -0.1) is 0 Å². The molecule has 0 unspecified atom stereocenters. The van der Waals surface area contributed by atoms with Gasteiger partial charge in [-0.3, -0.25) is 19.7 Å². The van der Waals surface area contributed by atoms with E-state index < -0.39 is 22.7 Å². The van der Waals surface area contributed by atoms with Crippen molar-refractivity contribution >= 4 is 23.1 Å². The molecule has 168 valence electrons. The van der Waals surface area contributed by atoms with Crippen molar-refractivity contribution in [3.8, 4) is 0 Å². The monoisotopic (exact) mass is 437 g/mol. The fourth-order valence-electron chi connectivity index (χ4n) is 4.02. The first-order valence-electron chi connectivity index (χ1n) is 10.7. The summed E-state index contributed by atoms with van der Waals surface area (Å²) in [6, 6.07) is 13.5. The third-order valence-electron chi connectivity index (χ3n) is 5.75. The number of ketones is 1. The van der Waals surface area contributed by atoms with Crippen molar-refractivity contribution in [3.05, 3.63) is 81.4 Å². The number of amides is 1. The van der Waals surface area contributed by atoms with E-state index in [1.807, 2.05) is 0 Å². The molecule has 1 aliphatic heterocycles. The molecule has 2 aromatic carbocycles. The average molecular weight is 437 g/mol. The standard InChI is InChI=1S/C24H27N3O5/c1-3-25(4-2)14-9-15-26-21(18-12-8-13-19(16-18)27(31)32)20(23(29)24(26)30)22(28)17-10-6-5-7-11-17/h5-8,10-13,16,21,28H,3-4,9,14-15H2,1-2H3/b22-20+/t21-/m0/s1. The number of nitro groups is 1. The van der Waals surface area contributed by atoms with Gasteiger partial charge in [0.25, 0.3) is 17.4 Å². The Morgan fingerprint density at radius 1 is 1.09 bits per heavy atom. The molecule has 1 heterocycles. The second kappa shape index (κ2) is 10.2. The molecule has 1 saturated heterocycles. The van der Waals surface area contributed by atoms with Crippen molar-refractivity contribution < 1.29 is 19.6 Å². The average Bonchev–Trinajstić information content (AvgIpc) is 3.07. The van der Waals surface area contributed by atoms with E-state index in [1.54, 1.807) is 36.4 Å². The normalized spacial score (nSPS) is 17.8. The van der Waals surface area contributed by atoms with Crippen molar-refractivity contribution in [1.29, 1.82) is 0 Å². The van der Waals surface area contributed by atoms with Gasteiger partial charge in [0, 0.05) is 24.2 Å². The molecule has 8 heteroatoms. The number of hydrogen-bond acceptors (Lipinski definition) is 6. The summed E-state index contributed by atoms with van der Waals surface area (Å²) in [7, 11) is 0. The van der Waals surface area contributed by atoms with Crippen LogP contribution in [0.15, 0.2) is 60.2 Å². The molecule has 0 aliphatic carbocycles. The van der Waals surface area contributed by atoms with Crippen LogP contribution in [0.3, 0.4) is 0 Å². The Kier molecular flexibility index (Phi) is 7.37. The quantitative estimate of drug-likeness (QED) is 0.211. The van der Waals surface area contributed by atoms with Crippen LogP contribution in [0.25, 0.3) is 5.76 Å². The second-order valence-electron chi connectivity index (χ2n) is 7.59.